The Bertz CT molecular complexity index is 846. The quantitative estimate of drug-likeness (QED) is 0.742. The van der Waals surface area contributed by atoms with Crippen LogP contribution in [0.15, 0.2) is 41.3 Å². The first-order chi connectivity index (χ1) is 10.1. The Morgan fingerprint density at radius 2 is 1.95 bits per heavy atom. The lowest BCUT2D eigenvalue weighted by molar-refractivity contribution is 0.655. The second-order valence-corrected chi connectivity index (χ2v) is 5.52. The van der Waals surface area contributed by atoms with E-state index >= 15 is 0 Å². The number of nitrogens with zero attached hydrogens (tertiary/aromatic N) is 3. The molecule has 0 aliphatic heterocycles. The van der Waals surface area contributed by atoms with Gasteiger partial charge in [-0.3, -0.25) is 9.20 Å². The van der Waals surface area contributed by atoms with E-state index in [1.54, 1.807) is 16.7 Å². The number of aryl methyl sites for hydroxylation is 2. The molecule has 4 nitrogen and oxygen atoms in total. The van der Waals surface area contributed by atoms with Crippen molar-refractivity contribution in [2.24, 2.45) is 0 Å². The van der Waals surface area contributed by atoms with Crippen LogP contribution < -0.4 is 5.56 Å². The Morgan fingerprint density at radius 1 is 1.24 bits per heavy atom. The summed E-state index contributed by atoms with van der Waals surface area (Å²) in [5.41, 5.74) is 2.60. The summed E-state index contributed by atoms with van der Waals surface area (Å²) in [7, 11) is 0. The van der Waals surface area contributed by atoms with Gasteiger partial charge in [0.15, 0.2) is 0 Å². The van der Waals surface area contributed by atoms with Gasteiger partial charge in [0.2, 0.25) is 5.78 Å². The Morgan fingerprint density at radius 3 is 2.62 bits per heavy atom. The molecule has 0 unspecified atom stereocenters. The normalized spacial score (nSPS) is 11.2. The molecule has 3 aromatic rings. The molecule has 0 aliphatic rings. The predicted octanol–water partition coefficient (Wildman–Crippen LogP) is 3.53. The van der Waals surface area contributed by atoms with Crippen LogP contribution in [0, 0.1) is 6.92 Å². The highest BCUT2D eigenvalue weighted by molar-refractivity contribution is 6.30. The van der Waals surface area contributed by atoms with Gasteiger partial charge in [-0.1, -0.05) is 30.7 Å². The van der Waals surface area contributed by atoms with Gasteiger partial charge in [0, 0.05) is 35.1 Å². The monoisotopic (exact) mass is 301 g/mol. The fraction of sp³-hybridized carbons (Fsp3) is 0.250. The van der Waals surface area contributed by atoms with E-state index in [1.807, 2.05) is 31.2 Å². The Labute approximate surface area is 127 Å². The Hall–Kier alpha value is -2.07. The van der Waals surface area contributed by atoms with E-state index in [4.69, 9.17) is 11.6 Å². The van der Waals surface area contributed by atoms with Crippen molar-refractivity contribution in [3.05, 3.63) is 57.6 Å². The molecule has 0 spiro atoms. The van der Waals surface area contributed by atoms with Crippen molar-refractivity contribution in [1.29, 1.82) is 0 Å². The van der Waals surface area contributed by atoms with Crippen LogP contribution >= 0.6 is 11.6 Å². The summed E-state index contributed by atoms with van der Waals surface area (Å²) in [5.74, 6) is 0.687. The summed E-state index contributed by atoms with van der Waals surface area (Å²) < 4.78 is 3.67. The third-order valence-electron chi connectivity index (χ3n) is 3.51. The average molecular weight is 302 g/mol. The van der Waals surface area contributed by atoms with Crippen LogP contribution in [0.3, 0.4) is 0 Å². The van der Waals surface area contributed by atoms with Crippen LogP contribution in [-0.2, 0) is 6.54 Å². The molecule has 0 saturated carbocycles. The number of hydrogen-bond donors (Lipinski definition) is 0. The highest BCUT2D eigenvalue weighted by Gasteiger charge is 2.11. The molecular weight excluding hydrogens is 286 g/mol. The minimum atomic E-state index is -0.0532. The van der Waals surface area contributed by atoms with Gasteiger partial charge in [-0.2, -0.15) is 0 Å². The van der Waals surface area contributed by atoms with Crippen molar-refractivity contribution < 1.29 is 0 Å². The smallest absolute Gasteiger partial charge is 0.259 e. The van der Waals surface area contributed by atoms with Gasteiger partial charge < -0.3 is 4.57 Å². The third kappa shape index (κ3) is 2.47. The summed E-state index contributed by atoms with van der Waals surface area (Å²) in [6, 6.07) is 9.11. The molecule has 2 heterocycles. The standard InChI is InChI=1S/C16H16ClN3O/c1-3-8-19-11(2)9-15(21)20-10-14(18-16(19)20)12-4-6-13(17)7-5-12/h4-7,9-10H,3,8H2,1-2H3. The van der Waals surface area contributed by atoms with E-state index < -0.39 is 0 Å². The van der Waals surface area contributed by atoms with E-state index in [9.17, 15) is 4.79 Å². The van der Waals surface area contributed by atoms with Crippen LogP contribution in [0.25, 0.3) is 17.0 Å². The van der Waals surface area contributed by atoms with Gasteiger partial charge in [-0.05, 0) is 25.5 Å². The summed E-state index contributed by atoms with van der Waals surface area (Å²) in [4.78, 5) is 16.8. The number of halogens is 1. The van der Waals surface area contributed by atoms with Crippen LogP contribution in [0.1, 0.15) is 19.0 Å². The highest BCUT2D eigenvalue weighted by Crippen LogP contribution is 2.21. The second kappa shape index (κ2) is 5.37. The Kier molecular flexibility index (Phi) is 3.55. The number of aromatic nitrogens is 3. The van der Waals surface area contributed by atoms with E-state index in [-0.39, 0.29) is 5.56 Å². The fourth-order valence-electron chi connectivity index (χ4n) is 2.47. The van der Waals surface area contributed by atoms with Crippen LogP contribution in [0.4, 0.5) is 0 Å². The van der Waals surface area contributed by atoms with E-state index in [1.165, 1.54) is 0 Å². The number of benzene rings is 1. The first-order valence-electron chi connectivity index (χ1n) is 6.95. The number of hydrogen-bond acceptors (Lipinski definition) is 2. The number of rotatable bonds is 3. The first kappa shape index (κ1) is 13.9. The minimum absolute atomic E-state index is 0.0532. The molecule has 5 heteroatoms. The zero-order valence-corrected chi connectivity index (χ0v) is 12.8. The molecule has 0 radical (unpaired) electrons. The molecule has 0 atom stereocenters. The van der Waals surface area contributed by atoms with Crippen molar-refractivity contribution in [1.82, 2.24) is 14.0 Å². The zero-order valence-electron chi connectivity index (χ0n) is 12.0. The van der Waals surface area contributed by atoms with Gasteiger partial charge in [-0.25, -0.2) is 4.98 Å². The summed E-state index contributed by atoms with van der Waals surface area (Å²) in [5, 5.41) is 0.684. The third-order valence-corrected chi connectivity index (χ3v) is 3.76. The summed E-state index contributed by atoms with van der Waals surface area (Å²) in [6.07, 6.45) is 2.77. The maximum absolute atomic E-state index is 12.1. The molecule has 0 amide bonds. The Balaban J connectivity index is 2.23. The van der Waals surface area contributed by atoms with E-state index in [0.29, 0.717) is 10.8 Å². The van der Waals surface area contributed by atoms with Crippen molar-refractivity contribution >= 4 is 17.4 Å². The van der Waals surface area contributed by atoms with E-state index in [0.717, 1.165) is 29.9 Å². The molecule has 0 fully saturated rings. The molecule has 0 saturated heterocycles. The largest absolute Gasteiger partial charge is 0.315 e. The average Bonchev–Trinajstić information content (AvgIpc) is 2.90. The van der Waals surface area contributed by atoms with Crippen molar-refractivity contribution in [2.45, 2.75) is 26.8 Å². The lowest BCUT2D eigenvalue weighted by Crippen LogP contribution is -2.18. The van der Waals surface area contributed by atoms with Crippen molar-refractivity contribution in [3.8, 4) is 11.3 Å². The van der Waals surface area contributed by atoms with Crippen molar-refractivity contribution in [2.75, 3.05) is 0 Å². The molecule has 0 bridgehead atoms. The number of imidazole rings is 1. The molecule has 1 aromatic carbocycles. The molecule has 108 valence electrons. The van der Waals surface area contributed by atoms with Gasteiger partial charge in [-0.15, -0.1) is 0 Å². The highest BCUT2D eigenvalue weighted by atomic mass is 35.5. The maximum atomic E-state index is 12.1. The zero-order chi connectivity index (χ0) is 15.0. The number of fused-ring (bicyclic) bond motifs is 1. The minimum Gasteiger partial charge on any atom is -0.315 e. The lowest BCUT2D eigenvalue weighted by atomic mass is 10.2. The SMILES string of the molecule is CCCn1c(C)cc(=O)n2cc(-c3ccc(Cl)cc3)nc12. The lowest BCUT2D eigenvalue weighted by Gasteiger charge is -2.10. The second-order valence-electron chi connectivity index (χ2n) is 5.08. The molecule has 0 aliphatic carbocycles. The molecule has 3 rings (SSSR count). The van der Waals surface area contributed by atoms with E-state index in [2.05, 4.69) is 16.5 Å². The summed E-state index contributed by atoms with van der Waals surface area (Å²) in [6.45, 7) is 4.89. The van der Waals surface area contributed by atoms with Crippen LogP contribution in [0.5, 0.6) is 0 Å². The van der Waals surface area contributed by atoms with Crippen molar-refractivity contribution in [3.63, 3.8) is 0 Å². The van der Waals surface area contributed by atoms with Crippen LogP contribution in [-0.4, -0.2) is 14.0 Å². The van der Waals surface area contributed by atoms with Gasteiger partial charge in [0.25, 0.3) is 5.56 Å². The molecule has 0 N–H and O–H groups in total. The van der Waals surface area contributed by atoms with Gasteiger partial charge in [0.05, 0.1) is 5.69 Å². The van der Waals surface area contributed by atoms with Gasteiger partial charge in [0.1, 0.15) is 0 Å². The molecular formula is C16H16ClN3O. The topological polar surface area (TPSA) is 39.3 Å². The molecule has 21 heavy (non-hydrogen) atoms. The summed E-state index contributed by atoms with van der Waals surface area (Å²) >= 11 is 5.91. The van der Waals surface area contributed by atoms with Crippen LogP contribution in [0.2, 0.25) is 5.02 Å². The fourth-order valence-corrected chi connectivity index (χ4v) is 2.59. The predicted molar refractivity (Wildman–Crippen MR) is 84.9 cm³/mol. The van der Waals surface area contributed by atoms with Gasteiger partial charge >= 0.3 is 0 Å². The first-order valence-corrected chi connectivity index (χ1v) is 7.33. The maximum Gasteiger partial charge on any atom is 0.259 e. The molecule has 2 aromatic heterocycles.